The Hall–Kier alpha value is -0.180. The van der Waals surface area contributed by atoms with E-state index in [1.54, 1.807) is 0 Å². The van der Waals surface area contributed by atoms with Crippen LogP contribution in [0.3, 0.4) is 0 Å². The second-order valence-corrected chi connectivity index (χ2v) is 2.93. The van der Waals surface area contributed by atoms with Gasteiger partial charge in [-0.1, -0.05) is 13.8 Å². The highest BCUT2D eigenvalue weighted by Gasteiger charge is 2.41. The molecule has 0 rings (SSSR count). The third-order valence-corrected chi connectivity index (χ3v) is 1.58. The predicted molar refractivity (Wildman–Crippen MR) is 31.5 cm³/mol. The van der Waals surface area contributed by atoms with E-state index in [-0.39, 0.29) is 0 Å². The van der Waals surface area contributed by atoms with E-state index in [1.165, 1.54) is 13.8 Å². The summed E-state index contributed by atoms with van der Waals surface area (Å²) in [6.07, 6.45) is 0. The van der Waals surface area contributed by atoms with Gasteiger partial charge in [0.25, 0.3) is 5.92 Å². The molecule has 0 unspecified atom stereocenters. The van der Waals surface area contributed by atoms with E-state index in [4.69, 9.17) is 5.11 Å². The third-order valence-electron chi connectivity index (χ3n) is 1.58. The van der Waals surface area contributed by atoms with Crippen LogP contribution in [0, 0.1) is 5.41 Å². The van der Waals surface area contributed by atoms with Gasteiger partial charge in [0.2, 0.25) is 0 Å². The molecule has 0 aromatic rings. The first-order valence-electron chi connectivity index (χ1n) is 2.80. The summed E-state index contributed by atoms with van der Waals surface area (Å²) in [4.78, 5) is 0. The molecule has 0 atom stereocenters. The van der Waals surface area contributed by atoms with Gasteiger partial charge in [0, 0.05) is 0 Å². The lowest BCUT2D eigenvalue weighted by atomic mass is 9.88. The van der Waals surface area contributed by atoms with Crippen LogP contribution in [0.2, 0.25) is 0 Å². The van der Waals surface area contributed by atoms with Gasteiger partial charge in [0.15, 0.2) is 0 Å². The maximum Gasteiger partial charge on any atom is 0.252 e. The molecule has 0 fully saturated rings. The molecule has 0 aliphatic heterocycles. The van der Waals surface area contributed by atoms with Crippen molar-refractivity contribution in [1.29, 1.82) is 0 Å². The molecule has 9 heavy (non-hydrogen) atoms. The molecular formula is C6H12F2O. The van der Waals surface area contributed by atoms with Crippen molar-refractivity contribution in [2.45, 2.75) is 26.7 Å². The van der Waals surface area contributed by atoms with E-state index in [0.717, 1.165) is 6.92 Å². The predicted octanol–water partition coefficient (Wildman–Crippen LogP) is 1.66. The summed E-state index contributed by atoms with van der Waals surface area (Å²) in [5.41, 5.74) is -1.30. The first kappa shape index (κ1) is 8.82. The van der Waals surface area contributed by atoms with Crippen LogP contribution >= 0.6 is 0 Å². The fourth-order valence-corrected chi connectivity index (χ4v) is 0.139. The van der Waals surface area contributed by atoms with Crippen molar-refractivity contribution in [3.63, 3.8) is 0 Å². The monoisotopic (exact) mass is 138 g/mol. The lowest BCUT2D eigenvalue weighted by Crippen LogP contribution is -2.36. The van der Waals surface area contributed by atoms with E-state index in [2.05, 4.69) is 0 Å². The van der Waals surface area contributed by atoms with Crippen LogP contribution in [0.4, 0.5) is 8.78 Å². The SMILES string of the molecule is CC(F)(F)C(C)(C)CO. The molecule has 0 bridgehead atoms. The summed E-state index contributed by atoms with van der Waals surface area (Å²) in [6, 6.07) is 0. The van der Waals surface area contributed by atoms with Crippen molar-refractivity contribution in [1.82, 2.24) is 0 Å². The van der Waals surface area contributed by atoms with E-state index in [1.807, 2.05) is 0 Å². The van der Waals surface area contributed by atoms with Gasteiger partial charge < -0.3 is 5.11 Å². The third kappa shape index (κ3) is 1.90. The van der Waals surface area contributed by atoms with Crippen LogP contribution < -0.4 is 0 Å². The van der Waals surface area contributed by atoms with Gasteiger partial charge in [-0.15, -0.1) is 0 Å². The Kier molecular flexibility index (Phi) is 2.17. The molecule has 1 N–H and O–H groups in total. The van der Waals surface area contributed by atoms with Gasteiger partial charge in [-0.3, -0.25) is 0 Å². The van der Waals surface area contributed by atoms with Crippen molar-refractivity contribution in [2.24, 2.45) is 5.41 Å². The van der Waals surface area contributed by atoms with Crippen molar-refractivity contribution >= 4 is 0 Å². The van der Waals surface area contributed by atoms with Gasteiger partial charge in [-0.25, -0.2) is 8.78 Å². The molecular weight excluding hydrogens is 126 g/mol. The Labute approximate surface area is 53.7 Å². The van der Waals surface area contributed by atoms with Crippen LogP contribution in [-0.2, 0) is 0 Å². The minimum Gasteiger partial charge on any atom is -0.396 e. The first-order valence-corrected chi connectivity index (χ1v) is 2.80. The van der Waals surface area contributed by atoms with E-state index in [9.17, 15) is 8.78 Å². The normalized spacial score (nSPS) is 14.0. The zero-order chi connectivity index (χ0) is 7.71. The lowest BCUT2D eigenvalue weighted by Gasteiger charge is -2.28. The number of hydrogen-bond donors (Lipinski definition) is 1. The number of aliphatic hydroxyl groups excluding tert-OH is 1. The second-order valence-electron chi connectivity index (χ2n) is 2.93. The number of hydrogen-bond acceptors (Lipinski definition) is 1. The molecule has 0 aliphatic carbocycles. The molecule has 0 aromatic carbocycles. The van der Waals surface area contributed by atoms with Crippen LogP contribution in [-0.4, -0.2) is 17.6 Å². The van der Waals surface area contributed by atoms with Gasteiger partial charge >= 0.3 is 0 Å². The molecule has 0 spiro atoms. The van der Waals surface area contributed by atoms with Gasteiger partial charge in [-0.05, 0) is 6.92 Å². The molecule has 56 valence electrons. The summed E-state index contributed by atoms with van der Waals surface area (Å²) in [5, 5.41) is 8.45. The quantitative estimate of drug-likeness (QED) is 0.615. The van der Waals surface area contributed by atoms with Gasteiger partial charge in [-0.2, -0.15) is 0 Å². The number of aliphatic hydroxyl groups is 1. The standard InChI is InChI=1S/C6H12F2O/c1-5(2,4-9)6(3,7)8/h9H,4H2,1-3H3. The largest absolute Gasteiger partial charge is 0.396 e. The summed E-state index contributed by atoms with van der Waals surface area (Å²) in [5.74, 6) is -2.80. The summed E-state index contributed by atoms with van der Waals surface area (Å²) in [7, 11) is 0. The molecule has 0 saturated heterocycles. The Bertz CT molecular complexity index is 93.7. The highest BCUT2D eigenvalue weighted by atomic mass is 19.3. The molecule has 0 heterocycles. The minimum absolute atomic E-state index is 0.490. The van der Waals surface area contributed by atoms with Crippen LogP contribution in [0.5, 0.6) is 0 Å². The summed E-state index contributed by atoms with van der Waals surface area (Å²) in [6.45, 7) is 2.97. The van der Waals surface area contributed by atoms with Crippen molar-refractivity contribution in [2.75, 3.05) is 6.61 Å². The van der Waals surface area contributed by atoms with Crippen LogP contribution in [0.25, 0.3) is 0 Å². The Morgan fingerprint density at radius 2 is 1.56 bits per heavy atom. The zero-order valence-electron chi connectivity index (χ0n) is 5.91. The van der Waals surface area contributed by atoms with E-state index < -0.39 is 17.9 Å². The molecule has 0 aliphatic rings. The summed E-state index contributed by atoms with van der Waals surface area (Å²) < 4.78 is 24.7. The van der Waals surface area contributed by atoms with Crippen molar-refractivity contribution in [3.05, 3.63) is 0 Å². The smallest absolute Gasteiger partial charge is 0.252 e. The average molecular weight is 138 g/mol. The molecule has 0 amide bonds. The van der Waals surface area contributed by atoms with E-state index in [0.29, 0.717) is 0 Å². The highest BCUT2D eigenvalue weighted by Crippen LogP contribution is 2.34. The maximum atomic E-state index is 12.3. The minimum atomic E-state index is -2.80. The Morgan fingerprint density at radius 3 is 1.56 bits per heavy atom. The molecule has 0 saturated carbocycles. The molecule has 0 aromatic heterocycles. The average Bonchev–Trinajstić information content (AvgIpc) is 1.64. The zero-order valence-corrected chi connectivity index (χ0v) is 5.91. The fraction of sp³-hybridized carbons (Fsp3) is 1.00. The lowest BCUT2D eigenvalue weighted by molar-refractivity contribution is -0.109. The first-order chi connectivity index (χ1) is 3.81. The van der Waals surface area contributed by atoms with Crippen molar-refractivity contribution < 1.29 is 13.9 Å². The summed E-state index contributed by atoms with van der Waals surface area (Å²) >= 11 is 0. The van der Waals surface area contributed by atoms with Crippen LogP contribution in [0.15, 0.2) is 0 Å². The topological polar surface area (TPSA) is 20.2 Å². The maximum absolute atomic E-state index is 12.3. The second kappa shape index (κ2) is 2.21. The van der Waals surface area contributed by atoms with Crippen LogP contribution in [0.1, 0.15) is 20.8 Å². The van der Waals surface area contributed by atoms with Gasteiger partial charge in [0.1, 0.15) is 0 Å². The van der Waals surface area contributed by atoms with Gasteiger partial charge in [0.05, 0.1) is 12.0 Å². The number of halogens is 2. The highest BCUT2D eigenvalue weighted by molar-refractivity contribution is 4.80. The number of rotatable bonds is 2. The Balaban J connectivity index is 4.14. The van der Waals surface area contributed by atoms with Crippen molar-refractivity contribution in [3.8, 4) is 0 Å². The molecule has 3 heteroatoms. The Morgan fingerprint density at radius 1 is 1.22 bits per heavy atom. The number of alkyl halides is 2. The van der Waals surface area contributed by atoms with E-state index >= 15 is 0 Å². The fourth-order valence-electron chi connectivity index (χ4n) is 0.139. The molecule has 0 radical (unpaired) electrons. The molecule has 1 nitrogen and oxygen atoms in total.